The van der Waals surface area contributed by atoms with Crippen LogP contribution >= 0.6 is 0 Å². The molecule has 0 bridgehead atoms. The number of aliphatic hydroxyl groups excluding tert-OH is 1. The normalized spacial score (nSPS) is 9.50. The van der Waals surface area contributed by atoms with Gasteiger partial charge in [0.1, 0.15) is 5.82 Å². The van der Waals surface area contributed by atoms with E-state index in [4.69, 9.17) is 10.4 Å². The number of nitriles is 1. The number of aromatic nitrogens is 1. The zero-order valence-corrected chi connectivity index (χ0v) is 8.14. The lowest BCUT2D eigenvalue weighted by Gasteiger charge is -2.18. The standard InChI is InChI=1S/C10H13N3O/c1-13(7-3-5-11)10-9(8-14)4-2-6-12-10/h2,4,6,14H,3,7-8H2,1H3. The molecule has 0 aliphatic rings. The Balaban J connectivity index is 2.78. The quantitative estimate of drug-likeness (QED) is 0.768. The first kappa shape index (κ1) is 10.5. The van der Waals surface area contributed by atoms with Gasteiger partial charge in [-0.15, -0.1) is 0 Å². The van der Waals surface area contributed by atoms with Crippen LogP contribution in [0.25, 0.3) is 0 Å². The fraction of sp³-hybridized carbons (Fsp3) is 0.400. The van der Waals surface area contributed by atoms with Crippen molar-refractivity contribution in [1.29, 1.82) is 5.26 Å². The molecule has 0 spiro atoms. The van der Waals surface area contributed by atoms with E-state index in [9.17, 15) is 0 Å². The molecule has 1 rings (SSSR count). The van der Waals surface area contributed by atoms with Gasteiger partial charge in [0.25, 0.3) is 0 Å². The number of hydrogen-bond acceptors (Lipinski definition) is 4. The fourth-order valence-corrected chi connectivity index (χ4v) is 1.22. The summed E-state index contributed by atoms with van der Waals surface area (Å²) < 4.78 is 0. The summed E-state index contributed by atoms with van der Waals surface area (Å²) in [4.78, 5) is 6.03. The molecule has 0 saturated heterocycles. The van der Waals surface area contributed by atoms with E-state index in [1.165, 1.54) is 0 Å². The Morgan fingerprint density at radius 3 is 3.07 bits per heavy atom. The van der Waals surface area contributed by atoms with Crippen LogP contribution < -0.4 is 4.90 Å². The Hall–Kier alpha value is -1.60. The van der Waals surface area contributed by atoms with Crippen molar-refractivity contribution in [2.24, 2.45) is 0 Å². The predicted molar refractivity (Wildman–Crippen MR) is 53.7 cm³/mol. The number of hydrogen-bond donors (Lipinski definition) is 1. The van der Waals surface area contributed by atoms with Gasteiger partial charge in [-0.1, -0.05) is 6.07 Å². The van der Waals surface area contributed by atoms with E-state index >= 15 is 0 Å². The van der Waals surface area contributed by atoms with Crippen LogP contribution in [-0.4, -0.2) is 23.7 Å². The smallest absolute Gasteiger partial charge is 0.133 e. The number of pyridine rings is 1. The number of nitrogens with zero attached hydrogens (tertiary/aromatic N) is 3. The van der Waals surface area contributed by atoms with Crippen molar-refractivity contribution in [3.05, 3.63) is 23.9 Å². The third-order valence-corrected chi connectivity index (χ3v) is 1.96. The van der Waals surface area contributed by atoms with Crippen molar-refractivity contribution in [2.75, 3.05) is 18.5 Å². The first-order valence-electron chi connectivity index (χ1n) is 4.42. The third-order valence-electron chi connectivity index (χ3n) is 1.96. The van der Waals surface area contributed by atoms with Crippen molar-refractivity contribution in [2.45, 2.75) is 13.0 Å². The van der Waals surface area contributed by atoms with E-state index < -0.39 is 0 Å². The molecule has 1 aromatic heterocycles. The van der Waals surface area contributed by atoms with Gasteiger partial charge in [0.2, 0.25) is 0 Å². The second-order valence-electron chi connectivity index (χ2n) is 2.97. The maximum Gasteiger partial charge on any atom is 0.133 e. The number of rotatable bonds is 4. The zero-order valence-electron chi connectivity index (χ0n) is 8.14. The van der Waals surface area contributed by atoms with Crippen LogP contribution in [-0.2, 0) is 6.61 Å². The Bertz CT molecular complexity index is 332. The van der Waals surface area contributed by atoms with Crippen molar-refractivity contribution >= 4 is 5.82 Å². The highest BCUT2D eigenvalue weighted by molar-refractivity contribution is 5.45. The Morgan fingerprint density at radius 1 is 1.64 bits per heavy atom. The van der Waals surface area contributed by atoms with Crippen LogP contribution in [0.15, 0.2) is 18.3 Å². The highest BCUT2D eigenvalue weighted by Crippen LogP contribution is 2.15. The summed E-state index contributed by atoms with van der Waals surface area (Å²) in [6, 6.07) is 5.68. The van der Waals surface area contributed by atoms with E-state index in [2.05, 4.69) is 11.1 Å². The Morgan fingerprint density at radius 2 is 2.43 bits per heavy atom. The lowest BCUT2D eigenvalue weighted by molar-refractivity contribution is 0.281. The number of anilines is 1. The van der Waals surface area contributed by atoms with Gasteiger partial charge in [0, 0.05) is 25.4 Å². The minimum absolute atomic E-state index is 0.0277. The first-order valence-corrected chi connectivity index (χ1v) is 4.42. The SMILES string of the molecule is CN(CCC#N)c1ncccc1CO. The minimum Gasteiger partial charge on any atom is -0.392 e. The summed E-state index contributed by atoms with van der Waals surface area (Å²) in [5.41, 5.74) is 0.785. The van der Waals surface area contributed by atoms with Gasteiger partial charge < -0.3 is 10.0 Å². The summed E-state index contributed by atoms with van der Waals surface area (Å²) in [7, 11) is 1.86. The molecule has 0 aliphatic heterocycles. The summed E-state index contributed by atoms with van der Waals surface area (Å²) in [5, 5.41) is 17.5. The molecule has 74 valence electrons. The highest BCUT2D eigenvalue weighted by Gasteiger charge is 2.06. The van der Waals surface area contributed by atoms with Crippen LogP contribution in [0.1, 0.15) is 12.0 Å². The second kappa shape index (κ2) is 5.20. The van der Waals surface area contributed by atoms with Crippen LogP contribution in [0, 0.1) is 11.3 Å². The molecule has 1 aromatic rings. The maximum absolute atomic E-state index is 9.06. The monoisotopic (exact) mass is 191 g/mol. The topological polar surface area (TPSA) is 60.2 Å². The highest BCUT2D eigenvalue weighted by atomic mass is 16.3. The molecule has 1 N–H and O–H groups in total. The predicted octanol–water partition coefficient (Wildman–Crippen LogP) is 0.924. The molecular weight excluding hydrogens is 178 g/mol. The largest absolute Gasteiger partial charge is 0.392 e. The van der Waals surface area contributed by atoms with Gasteiger partial charge in [0.05, 0.1) is 19.1 Å². The van der Waals surface area contributed by atoms with Crippen molar-refractivity contribution in [1.82, 2.24) is 4.98 Å². The van der Waals surface area contributed by atoms with Gasteiger partial charge in [-0.3, -0.25) is 0 Å². The van der Waals surface area contributed by atoms with Crippen LogP contribution in [0.2, 0.25) is 0 Å². The van der Waals surface area contributed by atoms with Crippen LogP contribution in [0.4, 0.5) is 5.82 Å². The van der Waals surface area contributed by atoms with Crippen LogP contribution in [0.5, 0.6) is 0 Å². The molecule has 0 radical (unpaired) electrons. The van der Waals surface area contributed by atoms with Crippen molar-refractivity contribution in [3.8, 4) is 6.07 Å². The first-order chi connectivity index (χ1) is 6.79. The summed E-state index contributed by atoms with van der Waals surface area (Å²) in [5.74, 6) is 0.741. The average molecular weight is 191 g/mol. The fourth-order valence-electron chi connectivity index (χ4n) is 1.22. The molecule has 0 fully saturated rings. The molecule has 0 aliphatic carbocycles. The van der Waals surface area contributed by atoms with E-state index in [1.54, 1.807) is 12.3 Å². The van der Waals surface area contributed by atoms with Gasteiger partial charge in [-0.2, -0.15) is 5.26 Å². The van der Waals surface area contributed by atoms with Gasteiger partial charge in [-0.25, -0.2) is 4.98 Å². The van der Waals surface area contributed by atoms with E-state index in [1.807, 2.05) is 18.0 Å². The molecular formula is C10H13N3O. The summed E-state index contributed by atoms with van der Waals surface area (Å²) in [6.45, 7) is 0.598. The molecule has 0 unspecified atom stereocenters. The molecule has 0 aromatic carbocycles. The second-order valence-corrected chi connectivity index (χ2v) is 2.97. The lowest BCUT2D eigenvalue weighted by Crippen LogP contribution is -2.20. The molecule has 14 heavy (non-hydrogen) atoms. The Labute approximate surface area is 83.4 Å². The molecule has 4 heteroatoms. The van der Waals surface area contributed by atoms with E-state index in [0.29, 0.717) is 13.0 Å². The van der Waals surface area contributed by atoms with Gasteiger partial charge in [-0.05, 0) is 6.07 Å². The van der Waals surface area contributed by atoms with Crippen molar-refractivity contribution in [3.63, 3.8) is 0 Å². The van der Waals surface area contributed by atoms with Gasteiger partial charge >= 0.3 is 0 Å². The van der Waals surface area contributed by atoms with Crippen molar-refractivity contribution < 1.29 is 5.11 Å². The molecule has 4 nitrogen and oxygen atoms in total. The zero-order chi connectivity index (χ0) is 10.4. The molecule has 1 heterocycles. The van der Waals surface area contributed by atoms with E-state index in [0.717, 1.165) is 11.4 Å². The third kappa shape index (κ3) is 2.44. The molecule has 0 atom stereocenters. The maximum atomic E-state index is 9.06. The minimum atomic E-state index is -0.0277. The Kier molecular flexibility index (Phi) is 3.89. The lowest BCUT2D eigenvalue weighted by atomic mass is 10.2. The number of aliphatic hydroxyl groups is 1. The summed E-state index contributed by atoms with van der Waals surface area (Å²) in [6.07, 6.45) is 2.13. The van der Waals surface area contributed by atoms with Crippen LogP contribution in [0.3, 0.4) is 0 Å². The summed E-state index contributed by atoms with van der Waals surface area (Å²) >= 11 is 0. The molecule has 0 saturated carbocycles. The molecule has 0 amide bonds. The van der Waals surface area contributed by atoms with Gasteiger partial charge in [0.15, 0.2) is 0 Å². The average Bonchev–Trinajstić information content (AvgIpc) is 2.25. The van der Waals surface area contributed by atoms with E-state index in [-0.39, 0.29) is 6.61 Å².